The Balaban J connectivity index is 1.35. The van der Waals surface area contributed by atoms with Gasteiger partial charge in [-0.1, -0.05) is 29.8 Å². The van der Waals surface area contributed by atoms with Gasteiger partial charge in [0, 0.05) is 29.8 Å². The van der Waals surface area contributed by atoms with E-state index in [0.29, 0.717) is 41.3 Å². The van der Waals surface area contributed by atoms with Gasteiger partial charge in [-0.3, -0.25) is 9.71 Å². The molecule has 1 aliphatic rings. The van der Waals surface area contributed by atoms with Gasteiger partial charge < -0.3 is 20.1 Å². The molecule has 1 amide bonds. The summed E-state index contributed by atoms with van der Waals surface area (Å²) in [5, 5.41) is 14.5. The Hall–Kier alpha value is -4.77. The molecule has 0 unspecified atom stereocenters. The zero-order valence-corrected chi connectivity index (χ0v) is 30.1. The van der Waals surface area contributed by atoms with Crippen LogP contribution in [-0.4, -0.2) is 54.1 Å². The summed E-state index contributed by atoms with van der Waals surface area (Å²) >= 11 is 7.58. The maximum Gasteiger partial charge on any atom is 0.416 e. The molecule has 2 aromatic heterocycles. The van der Waals surface area contributed by atoms with Crippen molar-refractivity contribution in [3.05, 3.63) is 106 Å². The molecular formula is C36H32ClF4N5O5S2. The molecule has 1 saturated heterocycles. The lowest BCUT2D eigenvalue weighted by Gasteiger charge is -2.26. The third-order valence-electron chi connectivity index (χ3n) is 8.69. The molecule has 3 N–H and O–H groups in total. The minimum absolute atomic E-state index is 0.00122. The molecule has 0 saturated carbocycles. The summed E-state index contributed by atoms with van der Waals surface area (Å²) in [6, 6.07) is 14.3. The summed E-state index contributed by atoms with van der Waals surface area (Å²) in [6.07, 6.45) is -1.60. The molecule has 0 bridgehead atoms. The number of ether oxygens (including phenoxy) is 1. The van der Waals surface area contributed by atoms with E-state index in [1.807, 2.05) is 0 Å². The Kier molecular flexibility index (Phi) is 11.5. The molecule has 3 heterocycles. The molecule has 10 nitrogen and oxygen atoms in total. The SMILES string of the molecule is O=C(O)N(CCC1CCNCC1)Cc1cc(-c2cc(-c3cccc(C(F)(F)F)c3)ccc2Oc2cc(F)c(S(=O)(=O)Nc3cscn3)cc2Cl)ccn1. The zero-order chi connectivity index (χ0) is 37.8. The van der Waals surface area contributed by atoms with Crippen LogP contribution < -0.4 is 14.8 Å². The Morgan fingerprint density at radius 3 is 2.51 bits per heavy atom. The number of pyridine rings is 1. The van der Waals surface area contributed by atoms with Gasteiger partial charge >= 0.3 is 12.3 Å². The van der Waals surface area contributed by atoms with E-state index in [0.717, 1.165) is 61.5 Å². The van der Waals surface area contributed by atoms with Gasteiger partial charge in [-0.05, 0) is 97.4 Å². The fourth-order valence-electron chi connectivity index (χ4n) is 5.95. The van der Waals surface area contributed by atoms with Crippen LogP contribution in [0.15, 0.2) is 88.7 Å². The summed E-state index contributed by atoms with van der Waals surface area (Å²) in [4.78, 5) is 21.0. The number of carbonyl (C=O) groups is 1. The topological polar surface area (TPSA) is 134 Å². The van der Waals surface area contributed by atoms with Gasteiger partial charge in [0.2, 0.25) is 0 Å². The summed E-state index contributed by atoms with van der Waals surface area (Å²) < 4.78 is 90.3. The van der Waals surface area contributed by atoms with Crippen LogP contribution in [0.3, 0.4) is 0 Å². The van der Waals surface area contributed by atoms with Gasteiger partial charge in [0.1, 0.15) is 22.2 Å². The average molecular weight is 790 g/mol. The first-order chi connectivity index (χ1) is 25.3. The van der Waals surface area contributed by atoms with Crippen molar-refractivity contribution < 1.29 is 40.6 Å². The average Bonchev–Trinajstić information content (AvgIpc) is 3.64. The molecule has 278 valence electrons. The number of halogens is 5. The lowest BCUT2D eigenvalue weighted by atomic mass is 9.94. The van der Waals surface area contributed by atoms with Crippen molar-refractivity contribution >= 4 is 44.9 Å². The van der Waals surface area contributed by atoms with Gasteiger partial charge in [0.15, 0.2) is 5.82 Å². The fraction of sp³-hybridized carbons (Fsp3) is 0.250. The molecule has 3 aromatic carbocycles. The second-order valence-corrected chi connectivity index (χ2v) is 15.1. The molecule has 17 heteroatoms. The van der Waals surface area contributed by atoms with Crippen LogP contribution >= 0.6 is 22.9 Å². The van der Waals surface area contributed by atoms with Crippen LogP contribution in [0, 0.1) is 11.7 Å². The number of benzene rings is 3. The summed E-state index contributed by atoms with van der Waals surface area (Å²) in [7, 11) is -4.42. The Labute approximate surface area is 311 Å². The quantitative estimate of drug-likeness (QED) is 0.107. The number of nitrogens with one attached hydrogen (secondary N) is 2. The van der Waals surface area contributed by atoms with Crippen molar-refractivity contribution in [1.29, 1.82) is 0 Å². The number of carboxylic acid groups (broad SMARTS) is 1. The molecule has 6 rings (SSSR count). The highest BCUT2D eigenvalue weighted by Gasteiger charge is 2.31. The highest BCUT2D eigenvalue weighted by Crippen LogP contribution is 2.41. The van der Waals surface area contributed by atoms with Crippen LogP contribution in [0.4, 0.5) is 28.2 Å². The molecule has 0 aliphatic carbocycles. The van der Waals surface area contributed by atoms with E-state index in [9.17, 15) is 31.5 Å². The molecule has 0 atom stereocenters. The monoisotopic (exact) mass is 789 g/mol. The Morgan fingerprint density at radius 1 is 1.02 bits per heavy atom. The first-order valence-corrected chi connectivity index (χ1v) is 19.1. The first kappa shape index (κ1) is 38.0. The Morgan fingerprint density at radius 2 is 1.79 bits per heavy atom. The standard InChI is InChI=1S/C36H32ClF4N5O5S2/c37-29-17-33(53(49,50)45-34-20-52-21-44-34)30(38)18-32(29)51-31-5-4-24(23-2-1-3-26(14-23)36(39,40)41)16-28(31)25-8-12-43-27(15-25)19-46(35(47)48)13-9-22-6-10-42-11-7-22/h1-5,8,12,14-18,20-22,42,45H,6-7,9-11,13,19H2,(H,47,48). The zero-order valence-electron chi connectivity index (χ0n) is 27.7. The molecule has 1 aliphatic heterocycles. The Bertz CT molecular complexity index is 2200. The maximum absolute atomic E-state index is 15.4. The summed E-state index contributed by atoms with van der Waals surface area (Å²) in [5.74, 6) is -0.916. The predicted molar refractivity (Wildman–Crippen MR) is 193 cm³/mol. The van der Waals surface area contributed by atoms with Crippen LogP contribution in [0.1, 0.15) is 30.5 Å². The van der Waals surface area contributed by atoms with Gasteiger partial charge in [0.25, 0.3) is 10.0 Å². The van der Waals surface area contributed by atoms with E-state index < -0.39 is 38.6 Å². The largest absolute Gasteiger partial charge is 0.465 e. The number of aromatic nitrogens is 2. The molecule has 0 radical (unpaired) electrons. The van der Waals surface area contributed by atoms with Crippen LogP contribution in [0.2, 0.25) is 5.02 Å². The molecular weight excluding hydrogens is 758 g/mol. The van der Waals surface area contributed by atoms with Crippen molar-refractivity contribution in [3.8, 4) is 33.8 Å². The number of hydrogen-bond donors (Lipinski definition) is 3. The fourth-order valence-corrected chi connectivity index (χ4v) is 7.86. The normalized spacial score (nSPS) is 13.8. The summed E-state index contributed by atoms with van der Waals surface area (Å²) in [5.41, 5.74) is 2.39. The smallest absolute Gasteiger partial charge is 0.416 e. The number of hydrogen-bond acceptors (Lipinski definition) is 8. The van der Waals surface area contributed by atoms with Crippen molar-refractivity contribution in [3.63, 3.8) is 0 Å². The second-order valence-electron chi connectivity index (χ2n) is 12.3. The molecule has 0 spiro atoms. The number of piperidine rings is 1. The van der Waals surface area contributed by atoms with Crippen molar-refractivity contribution in [2.75, 3.05) is 24.4 Å². The predicted octanol–water partition coefficient (Wildman–Crippen LogP) is 9.15. The van der Waals surface area contributed by atoms with Gasteiger partial charge in [-0.25, -0.2) is 22.6 Å². The first-order valence-electron chi connectivity index (χ1n) is 16.3. The number of alkyl halides is 3. The summed E-state index contributed by atoms with van der Waals surface area (Å²) in [6.45, 7) is 2.05. The minimum atomic E-state index is -4.58. The molecule has 5 aromatic rings. The van der Waals surface area contributed by atoms with E-state index in [-0.39, 0.29) is 34.4 Å². The van der Waals surface area contributed by atoms with Crippen molar-refractivity contribution in [2.45, 2.75) is 36.9 Å². The molecule has 53 heavy (non-hydrogen) atoms. The highest BCUT2D eigenvalue weighted by molar-refractivity contribution is 7.92. The van der Waals surface area contributed by atoms with E-state index >= 15 is 4.39 Å². The van der Waals surface area contributed by atoms with E-state index in [1.54, 1.807) is 18.2 Å². The number of nitrogens with zero attached hydrogens (tertiary/aromatic N) is 3. The van der Waals surface area contributed by atoms with Crippen molar-refractivity contribution in [2.24, 2.45) is 5.92 Å². The van der Waals surface area contributed by atoms with Gasteiger partial charge in [0.05, 0.1) is 28.3 Å². The van der Waals surface area contributed by atoms with E-state index in [2.05, 4.69) is 20.0 Å². The molecule has 1 fully saturated rings. The third-order valence-corrected chi connectivity index (χ3v) is 10.9. The number of anilines is 1. The third kappa shape index (κ3) is 9.43. The minimum Gasteiger partial charge on any atom is -0.465 e. The van der Waals surface area contributed by atoms with Crippen LogP contribution in [0.25, 0.3) is 22.3 Å². The second kappa shape index (κ2) is 16.1. The van der Waals surface area contributed by atoms with Crippen LogP contribution in [-0.2, 0) is 22.7 Å². The maximum atomic E-state index is 15.4. The van der Waals surface area contributed by atoms with Gasteiger partial charge in [-0.2, -0.15) is 13.2 Å². The van der Waals surface area contributed by atoms with Gasteiger partial charge in [-0.15, -0.1) is 11.3 Å². The number of thiazole rings is 1. The number of amides is 1. The number of rotatable bonds is 12. The van der Waals surface area contributed by atoms with E-state index in [4.69, 9.17) is 16.3 Å². The van der Waals surface area contributed by atoms with Crippen LogP contribution in [0.5, 0.6) is 11.5 Å². The lowest BCUT2D eigenvalue weighted by molar-refractivity contribution is -0.137. The highest BCUT2D eigenvalue weighted by atomic mass is 35.5. The van der Waals surface area contributed by atoms with Crippen molar-refractivity contribution in [1.82, 2.24) is 20.2 Å². The van der Waals surface area contributed by atoms with E-state index in [1.165, 1.54) is 46.3 Å². The number of sulfonamides is 1. The lowest BCUT2D eigenvalue weighted by Crippen LogP contribution is -2.34.